The molecular formula is C20H28N2O4S. The van der Waals surface area contributed by atoms with Gasteiger partial charge in [-0.1, -0.05) is 0 Å². The first kappa shape index (κ1) is 19.9. The minimum Gasteiger partial charge on any atom is -0.464 e. The molecule has 0 bridgehead atoms. The first-order valence-corrected chi connectivity index (χ1v) is 11.1. The Balaban J connectivity index is 1.83. The van der Waals surface area contributed by atoms with Gasteiger partial charge in [0.2, 0.25) is 5.91 Å². The fraction of sp³-hybridized carbons (Fsp3) is 0.550. The highest BCUT2D eigenvalue weighted by atomic mass is 32.2. The number of hydrogen-bond acceptors (Lipinski definition) is 5. The molecule has 27 heavy (non-hydrogen) atoms. The molecule has 3 rings (SSSR count). The summed E-state index contributed by atoms with van der Waals surface area (Å²) in [5.74, 6) is 0.188. The van der Waals surface area contributed by atoms with Gasteiger partial charge in [0.15, 0.2) is 9.84 Å². The van der Waals surface area contributed by atoms with E-state index in [-0.39, 0.29) is 29.9 Å². The van der Waals surface area contributed by atoms with Gasteiger partial charge in [0, 0.05) is 30.1 Å². The number of amides is 1. The molecule has 1 aliphatic heterocycles. The number of sulfone groups is 1. The summed E-state index contributed by atoms with van der Waals surface area (Å²) in [6.07, 6.45) is 2.39. The highest BCUT2D eigenvalue weighted by Crippen LogP contribution is 2.26. The van der Waals surface area contributed by atoms with Crippen molar-refractivity contribution in [1.29, 1.82) is 0 Å². The van der Waals surface area contributed by atoms with Crippen molar-refractivity contribution >= 4 is 26.7 Å². The average Bonchev–Trinajstić information content (AvgIpc) is 3.11. The molecule has 148 valence electrons. The third kappa shape index (κ3) is 4.52. The molecule has 2 heterocycles. The van der Waals surface area contributed by atoms with E-state index in [9.17, 15) is 13.2 Å². The van der Waals surface area contributed by atoms with Crippen LogP contribution in [0.3, 0.4) is 0 Å². The molecule has 0 aliphatic carbocycles. The Morgan fingerprint density at radius 2 is 1.89 bits per heavy atom. The number of carbonyl (C=O) groups is 1. The van der Waals surface area contributed by atoms with Crippen LogP contribution in [0.25, 0.3) is 11.0 Å². The highest BCUT2D eigenvalue weighted by Gasteiger charge is 2.34. The minimum atomic E-state index is -3.05. The second kappa shape index (κ2) is 7.64. The van der Waals surface area contributed by atoms with E-state index in [0.29, 0.717) is 19.5 Å². The molecule has 1 aromatic heterocycles. The molecule has 1 aliphatic rings. The number of hydrogen-bond donors (Lipinski definition) is 0. The van der Waals surface area contributed by atoms with E-state index < -0.39 is 9.84 Å². The molecule has 1 saturated heterocycles. The quantitative estimate of drug-likeness (QED) is 0.753. The number of carbonyl (C=O) groups excluding carboxylic acids is 1. The lowest BCUT2D eigenvalue weighted by Gasteiger charge is -2.29. The maximum atomic E-state index is 13.1. The van der Waals surface area contributed by atoms with Gasteiger partial charge in [-0.05, 0) is 57.6 Å². The van der Waals surface area contributed by atoms with Crippen molar-refractivity contribution in [1.82, 2.24) is 9.80 Å². The largest absolute Gasteiger partial charge is 0.464 e. The predicted molar refractivity (Wildman–Crippen MR) is 107 cm³/mol. The third-order valence-electron chi connectivity index (χ3n) is 5.37. The van der Waals surface area contributed by atoms with E-state index in [1.54, 1.807) is 11.2 Å². The van der Waals surface area contributed by atoms with E-state index in [0.717, 1.165) is 27.7 Å². The number of furan rings is 1. The number of rotatable bonds is 6. The molecule has 0 unspecified atom stereocenters. The Morgan fingerprint density at radius 1 is 1.19 bits per heavy atom. The van der Waals surface area contributed by atoms with Gasteiger partial charge in [-0.3, -0.25) is 4.79 Å². The van der Waals surface area contributed by atoms with E-state index in [4.69, 9.17) is 4.42 Å². The summed E-state index contributed by atoms with van der Waals surface area (Å²) in [5.41, 5.74) is 3.94. The fourth-order valence-corrected chi connectivity index (χ4v) is 5.31. The summed E-state index contributed by atoms with van der Waals surface area (Å²) in [7, 11) is 0.849. The fourth-order valence-electron chi connectivity index (χ4n) is 3.58. The first-order valence-electron chi connectivity index (χ1n) is 9.28. The van der Waals surface area contributed by atoms with Crippen molar-refractivity contribution in [2.24, 2.45) is 0 Å². The zero-order valence-corrected chi connectivity index (χ0v) is 17.3. The number of benzene rings is 1. The van der Waals surface area contributed by atoms with Crippen molar-refractivity contribution in [3.8, 4) is 0 Å². The number of likely N-dealkylation sites (N-methyl/N-ethyl adjacent to an activating group) is 1. The normalized spacial score (nSPS) is 19.1. The molecule has 0 saturated carbocycles. The Bertz CT molecular complexity index is 946. The van der Waals surface area contributed by atoms with E-state index in [1.807, 2.05) is 38.9 Å². The number of aryl methyl sites for hydroxylation is 2. The SMILES string of the molecule is Cc1cc2occ(CC(=O)N(CCN(C)C)[C@@H]3CCS(=O)(=O)C3)c2cc1C. The lowest BCUT2D eigenvalue weighted by atomic mass is 10.0. The van der Waals surface area contributed by atoms with Gasteiger partial charge in [0.25, 0.3) is 0 Å². The van der Waals surface area contributed by atoms with E-state index >= 15 is 0 Å². The summed E-state index contributed by atoms with van der Waals surface area (Å²) in [5, 5.41) is 0.957. The molecule has 1 atom stereocenters. The molecular weight excluding hydrogens is 364 g/mol. The van der Waals surface area contributed by atoms with E-state index in [2.05, 4.69) is 6.07 Å². The van der Waals surface area contributed by atoms with Gasteiger partial charge < -0.3 is 14.2 Å². The Morgan fingerprint density at radius 3 is 2.52 bits per heavy atom. The Hall–Kier alpha value is -1.86. The van der Waals surface area contributed by atoms with Crippen LogP contribution in [0.5, 0.6) is 0 Å². The van der Waals surface area contributed by atoms with Gasteiger partial charge in [-0.25, -0.2) is 8.42 Å². The summed E-state index contributed by atoms with van der Waals surface area (Å²) in [4.78, 5) is 16.8. The Kier molecular flexibility index (Phi) is 5.63. The van der Waals surface area contributed by atoms with Crippen molar-refractivity contribution in [3.05, 3.63) is 35.1 Å². The van der Waals surface area contributed by atoms with Crippen LogP contribution >= 0.6 is 0 Å². The van der Waals surface area contributed by atoms with Crippen LogP contribution in [-0.4, -0.2) is 68.9 Å². The van der Waals surface area contributed by atoms with Crippen LogP contribution < -0.4 is 0 Å². The summed E-state index contributed by atoms with van der Waals surface area (Å²) in [6, 6.07) is 3.82. The zero-order valence-electron chi connectivity index (χ0n) is 16.5. The smallest absolute Gasteiger partial charge is 0.227 e. The van der Waals surface area contributed by atoms with Crippen molar-refractivity contribution in [2.45, 2.75) is 32.7 Å². The van der Waals surface area contributed by atoms with Crippen LogP contribution in [0.2, 0.25) is 0 Å². The van der Waals surface area contributed by atoms with Crippen molar-refractivity contribution < 1.29 is 17.6 Å². The lowest BCUT2D eigenvalue weighted by molar-refractivity contribution is -0.132. The van der Waals surface area contributed by atoms with Gasteiger partial charge >= 0.3 is 0 Å². The second-order valence-electron chi connectivity index (χ2n) is 7.82. The molecule has 0 spiro atoms. The molecule has 1 aromatic carbocycles. The molecule has 0 N–H and O–H groups in total. The minimum absolute atomic E-state index is 0.0418. The van der Waals surface area contributed by atoms with Gasteiger partial charge in [0.1, 0.15) is 5.58 Å². The summed E-state index contributed by atoms with van der Waals surface area (Å²) < 4.78 is 29.5. The second-order valence-corrected chi connectivity index (χ2v) is 10.0. The molecule has 0 radical (unpaired) electrons. The summed E-state index contributed by atoms with van der Waals surface area (Å²) >= 11 is 0. The molecule has 1 fully saturated rings. The van der Waals surface area contributed by atoms with Gasteiger partial charge in [-0.15, -0.1) is 0 Å². The van der Waals surface area contributed by atoms with Crippen LogP contribution in [0.1, 0.15) is 23.1 Å². The van der Waals surface area contributed by atoms with Crippen molar-refractivity contribution in [3.63, 3.8) is 0 Å². The highest BCUT2D eigenvalue weighted by molar-refractivity contribution is 7.91. The maximum Gasteiger partial charge on any atom is 0.227 e. The maximum absolute atomic E-state index is 13.1. The third-order valence-corrected chi connectivity index (χ3v) is 7.12. The number of nitrogens with zero attached hydrogens (tertiary/aromatic N) is 2. The van der Waals surface area contributed by atoms with Crippen LogP contribution in [0, 0.1) is 13.8 Å². The zero-order chi connectivity index (χ0) is 19.8. The predicted octanol–water partition coefficient (Wildman–Crippen LogP) is 2.17. The molecule has 2 aromatic rings. The van der Waals surface area contributed by atoms with Gasteiger partial charge in [0.05, 0.1) is 24.2 Å². The monoisotopic (exact) mass is 392 g/mol. The lowest BCUT2D eigenvalue weighted by Crippen LogP contribution is -2.45. The topological polar surface area (TPSA) is 70.8 Å². The standard InChI is InChI=1S/C20H28N2O4S/c1-14-9-18-16(12-26-19(18)10-15(14)2)11-20(23)22(7-6-21(3)4)17-5-8-27(24,25)13-17/h9-10,12,17H,5-8,11,13H2,1-4H3/t17-/m1/s1. The molecule has 6 nitrogen and oxygen atoms in total. The molecule has 1 amide bonds. The Labute approximate surface area is 161 Å². The van der Waals surface area contributed by atoms with Crippen LogP contribution in [0.4, 0.5) is 0 Å². The van der Waals surface area contributed by atoms with E-state index in [1.165, 1.54) is 0 Å². The molecule has 7 heteroatoms. The first-order chi connectivity index (χ1) is 12.7. The van der Waals surface area contributed by atoms with Crippen LogP contribution in [0.15, 0.2) is 22.8 Å². The van der Waals surface area contributed by atoms with Gasteiger partial charge in [-0.2, -0.15) is 0 Å². The van der Waals surface area contributed by atoms with Crippen molar-refractivity contribution in [2.75, 3.05) is 38.7 Å². The summed E-state index contributed by atoms with van der Waals surface area (Å²) in [6.45, 7) is 5.30. The average molecular weight is 393 g/mol. The number of fused-ring (bicyclic) bond motifs is 1. The van der Waals surface area contributed by atoms with Crippen LogP contribution in [-0.2, 0) is 21.1 Å².